The molecule has 3 heterocycles. The zero-order valence-corrected chi connectivity index (χ0v) is 17.2. The average Bonchev–Trinajstić information content (AvgIpc) is 2.92. The average molecular weight is 370 g/mol. The maximum Gasteiger partial charge on any atom is 0.168 e. The first-order valence-electron chi connectivity index (χ1n) is 10.2. The van der Waals surface area contributed by atoms with Crippen LogP contribution in [-0.2, 0) is 0 Å². The third kappa shape index (κ3) is 3.48. The normalized spacial score (nSPS) is 25.0. The van der Waals surface area contributed by atoms with Crippen molar-refractivity contribution in [2.24, 2.45) is 5.41 Å². The molecule has 2 atom stereocenters. The van der Waals surface area contributed by atoms with Crippen LogP contribution in [0.3, 0.4) is 0 Å². The van der Waals surface area contributed by atoms with Crippen molar-refractivity contribution in [3.05, 3.63) is 34.7 Å². The molecule has 0 spiro atoms. The first-order valence-corrected chi connectivity index (χ1v) is 11.1. The lowest BCUT2D eigenvalue weighted by atomic mass is 9.85. The Bertz CT molecular complexity index is 784. The monoisotopic (exact) mass is 369 g/mol. The van der Waals surface area contributed by atoms with Crippen LogP contribution in [0.5, 0.6) is 0 Å². The summed E-state index contributed by atoms with van der Waals surface area (Å²) in [5.74, 6) is 0.892. The summed E-state index contributed by atoms with van der Waals surface area (Å²) in [6.45, 7) is 8.57. The summed E-state index contributed by atoms with van der Waals surface area (Å²) in [6.07, 6.45) is 8.07. The van der Waals surface area contributed by atoms with E-state index in [0.29, 0.717) is 5.92 Å². The zero-order chi connectivity index (χ0) is 18.3. The molecule has 0 amide bonds. The molecule has 2 saturated heterocycles. The predicted octanol–water partition coefficient (Wildman–Crippen LogP) is 6.25. The number of rotatable bonds is 2. The number of hydrogen-bond acceptors (Lipinski definition) is 3. The molecule has 140 valence electrons. The van der Waals surface area contributed by atoms with Gasteiger partial charge in [-0.1, -0.05) is 27.2 Å². The Morgan fingerprint density at radius 3 is 2.73 bits per heavy atom. The fraction of sp³-hybridized carbons (Fsp3) is 0.609. The van der Waals surface area contributed by atoms with Crippen LogP contribution in [0, 0.1) is 5.41 Å². The lowest BCUT2D eigenvalue weighted by Crippen LogP contribution is -2.38. The zero-order valence-electron chi connectivity index (χ0n) is 16.4. The fourth-order valence-corrected chi connectivity index (χ4v) is 5.81. The second-order valence-corrected chi connectivity index (χ2v) is 10.1. The number of fused-ring (bicyclic) bond motifs is 2. The maximum atomic E-state index is 12.7. The van der Waals surface area contributed by atoms with Gasteiger partial charge in [-0.15, -0.1) is 11.3 Å². The first kappa shape index (κ1) is 18.2. The second-order valence-electron chi connectivity index (χ2n) is 9.23. The molecule has 3 heteroatoms. The summed E-state index contributed by atoms with van der Waals surface area (Å²) in [5, 5.41) is 3.69. The molecule has 2 aliphatic heterocycles. The van der Waals surface area contributed by atoms with Crippen LogP contribution < -0.4 is 0 Å². The minimum atomic E-state index is -0.324. The number of carbonyl (C=O) groups excluding carboxylic acids is 1. The minimum absolute atomic E-state index is 0.245. The number of carbonyl (C=O) groups is 1. The van der Waals surface area contributed by atoms with Gasteiger partial charge in [0.15, 0.2) is 5.78 Å². The van der Waals surface area contributed by atoms with Gasteiger partial charge in [-0.05, 0) is 85.6 Å². The van der Waals surface area contributed by atoms with E-state index in [1.165, 1.54) is 67.3 Å². The largest absolute Gasteiger partial charge is 0.300 e. The van der Waals surface area contributed by atoms with Crippen LogP contribution in [0.4, 0.5) is 0 Å². The Morgan fingerprint density at radius 2 is 1.92 bits per heavy atom. The molecule has 0 N–H and O–H groups in total. The summed E-state index contributed by atoms with van der Waals surface area (Å²) < 4.78 is 1.33. The van der Waals surface area contributed by atoms with E-state index in [-0.39, 0.29) is 11.2 Å². The van der Waals surface area contributed by atoms with E-state index < -0.39 is 0 Å². The highest BCUT2D eigenvalue weighted by Gasteiger charge is 2.29. The third-order valence-electron chi connectivity index (χ3n) is 6.35. The number of thiophene rings is 1. The summed E-state index contributed by atoms with van der Waals surface area (Å²) >= 11 is 1.84. The molecular formula is C23H31NOS. The molecule has 0 radical (unpaired) electrons. The maximum absolute atomic E-state index is 12.7. The van der Waals surface area contributed by atoms with E-state index in [4.69, 9.17) is 0 Å². The Morgan fingerprint density at radius 1 is 1.08 bits per heavy atom. The summed E-state index contributed by atoms with van der Waals surface area (Å²) in [5.41, 5.74) is 2.04. The van der Waals surface area contributed by atoms with Crippen molar-refractivity contribution in [1.29, 1.82) is 0 Å². The van der Waals surface area contributed by atoms with Crippen molar-refractivity contribution < 1.29 is 4.79 Å². The highest BCUT2D eigenvalue weighted by atomic mass is 32.1. The summed E-state index contributed by atoms with van der Waals surface area (Å²) in [4.78, 5) is 15.5. The predicted molar refractivity (Wildman–Crippen MR) is 111 cm³/mol. The van der Waals surface area contributed by atoms with Gasteiger partial charge in [0.25, 0.3) is 0 Å². The Hall–Kier alpha value is -1.19. The standard InChI is InChI=1S/C23H31NOS/c1-23(2,3)22(25)17-8-10-21-19(14-17)20(15-26-21)16-7-9-18-6-4-5-12-24(18)13-11-16/h8,10,14-16,18H,4-7,9,11-13H2,1-3H3. The van der Waals surface area contributed by atoms with Crippen molar-refractivity contribution in [2.45, 2.75) is 71.3 Å². The lowest BCUT2D eigenvalue weighted by Gasteiger charge is -2.33. The van der Waals surface area contributed by atoms with Crippen molar-refractivity contribution in [3.63, 3.8) is 0 Å². The van der Waals surface area contributed by atoms with Crippen LogP contribution in [0.1, 0.15) is 81.1 Å². The molecule has 4 rings (SSSR count). The van der Waals surface area contributed by atoms with Gasteiger partial charge in [0.1, 0.15) is 0 Å². The second kappa shape index (κ2) is 7.09. The SMILES string of the molecule is CC(C)(C)C(=O)c1ccc2scc(C3CCC4CCCCN4CC3)c2c1. The number of ketones is 1. The number of hydrogen-bond donors (Lipinski definition) is 0. The van der Waals surface area contributed by atoms with E-state index in [2.05, 4.69) is 22.4 Å². The quantitative estimate of drug-likeness (QED) is 0.583. The van der Waals surface area contributed by atoms with Gasteiger partial charge >= 0.3 is 0 Å². The third-order valence-corrected chi connectivity index (χ3v) is 7.33. The molecule has 2 aromatic rings. The van der Waals surface area contributed by atoms with Crippen LogP contribution >= 0.6 is 11.3 Å². The van der Waals surface area contributed by atoms with E-state index >= 15 is 0 Å². The summed E-state index contributed by atoms with van der Waals surface area (Å²) in [7, 11) is 0. The number of benzene rings is 1. The Balaban J connectivity index is 1.63. The number of piperidine rings is 1. The molecule has 1 aromatic heterocycles. The Kier molecular flexibility index (Phi) is 4.96. The highest BCUT2D eigenvalue weighted by molar-refractivity contribution is 7.17. The topological polar surface area (TPSA) is 20.3 Å². The number of nitrogens with zero attached hydrogens (tertiary/aromatic N) is 1. The van der Waals surface area contributed by atoms with Crippen molar-refractivity contribution in [3.8, 4) is 0 Å². The minimum Gasteiger partial charge on any atom is -0.300 e. The van der Waals surface area contributed by atoms with Crippen LogP contribution in [-0.4, -0.2) is 29.8 Å². The molecular weight excluding hydrogens is 338 g/mol. The number of Topliss-reactive ketones (excluding diaryl/α,β-unsaturated/α-hetero) is 1. The van der Waals surface area contributed by atoms with Crippen molar-refractivity contribution in [1.82, 2.24) is 4.90 Å². The van der Waals surface area contributed by atoms with E-state index in [9.17, 15) is 4.79 Å². The van der Waals surface area contributed by atoms with Gasteiger partial charge in [0.05, 0.1) is 0 Å². The molecule has 2 fully saturated rings. The van der Waals surface area contributed by atoms with Crippen LogP contribution in [0.15, 0.2) is 23.6 Å². The van der Waals surface area contributed by atoms with Gasteiger partial charge in [-0.2, -0.15) is 0 Å². The van der Waals surface area contributed by atoms with Gasteiger partial charge in [-0.25, -0.2) is 0 Å². The molecule has 0 bridgehead atoms. The molecule has 0 saturated carbocycles. The van der Waals surface area contributed by atoms with Crippen molar-refractivity contribution >= 4 is 27.2 Å². The van der Waals surface area contributed by atoms with Gasteiger partial charge in [-0.3, -0.25) is 4.79 Å². The fourth-order valence-electron chi connectivity index (χ4n) is 4.79. The van der Waals surface area contributed by atoms with Crippen LogP contribution in [0.2, 0.25) is 0 Å². The lowest BCUT2D eigenvalue weighted by molar-refractivity contribution is 0.0858. The first-order chi connectivity index (χ1) is 12.4. The molecule has 2 aliphatic rings. The summed E-state index contributed by atoms with van der Waals surface area (Å²) in [6, 6.07) is 7.16. The molecule has 2 nitrogen and oxygen atoms in total. The Labute approximate surface area is 161 Å². The molecule has 2 unspecified atom stereocenters. The van der Waals surface area contributed by atoms with Gasteiger partial charge < -0.3 is 4.90 Å². The molecule has 26 heavy (non-hydrogen) atoms. The smallest absolute Gasteiger partial charge is 0.168 e. The molecule has 0 aliphatic carbocycles. The van der Waals surface area contributed by atoms with Gasteiger partial charge in [0.2, 0.25) is 0 Å². The van der Waals surface area contributed by atoms with E-state index in [0.717, 1.165) is 11.6 Å². The van der Waals surface area contributed by atoms with Crippen molar-refractivity contribution in [2.75, 3.05) is 13.1 Å². The van der Waals surface area contributed by atoms with E-state index in [1.54, 1.807) is 0 Å². The van der Waals surface area contributed by atoms with Gasteiger partial charge in [0, 0.05) is 21.7 Å². The van der Waals surface area contributed by atoms with Crippen LogP contribution in [0.25, 0.3) is 10.1 Å². The highest BCUT2D eigenvalue weighted by Crippen LogP contribution is 2.39. The molecule has 1 aromatic carbocycles. The van der Waals surface area contributed by atoms with E-state index in [1.807, 2.05) is 38.2 Å².